The number of aromatic nitrogens is 2. The number of para-hydroxylation sites is 1. The number of benzene rings is 2. The lowest BCUT2D eigenvalue weighted by molar-refractivity contribution is -0.136. The van der Waals surface area contributed by atoms with E-state index in [9.17, 15) is 14.4 Å². The summed E-state index contributed by atoms with van der Waals surface area (Å²) in [5, 5.41) is 15.8. The summed E-state index contributed by atoms with van der Waals surface area (Å²) >= 11 is 1.13. The van der Waals surface area contributed by atoms with Crippen molar-refractivity contribution in [2.75, 3.05) is 5.32 Å². The highest BCUT2D eigenvalue weighted by Gasteiger charge is 2.16. The highest BCUT2D eigenvalue weighted by Crippen LogP contribution is 2.25. The molecule has 3 aromatic rings. The zero-order valence-electron chi connectivity index (χ0n) is 15.2. The van der Waals surface area contributed by atoms with E-state index >= 15 is 0 Å². The number of rotatable bonds is 3. The van der Waals surface area contributed by atoms with Gasteiger partial charge in [-0.2, -0.15) is 0 Å². The van der Waals surface area contributed by atoms with Crippen LogP contribution in [0.5, 0.6) is 0 Å². The zero-order valence-corrected chi connectivity index (χ0v) is 16.0. The number of nitrogens with one attached hydrogen (secondary N) is 2. The molecule has 2 aromatic carbocycles. The van der Waals surface area contributed by atoms with Crippen LogP contribution in [-0.2, 0) is 14.4 Å². The Bertz CT molecular complexity index is 1340. The topological polar surface area (TPSA) is 126 Å². The van der Waals surface area contributed by atoms with Gasteiger partial charge in [0.15, 0.2) is 0 Å². The molecule has 1 aliphatic rings. The molecule has 1 aromatic heterocycles. The number of hydrogen-bond donors (Lipinski definition) is 2. The van der Waals surface area contributed by atoms with Crippen molar-refractivity contribution in [3.05, 3.63) is 70.7 Å². The number of carbonyl (C=O) groups excluding carboxylic acids is 3. The van der Waals surface area contributed by atoms with Crippen molar-refractivity contribution in [1.29, 1.82) is 0 Å². The van der Waals surface area contributed by atoms with Crippen LogP contribution < -0.4 is 21.3 Å². The molecule has 3 amide bonds. The molecule has 9 nitrogen and oxygen atoms in total. The Labute approximate surface area is 173 Å². The van der Waals surface area contributed by atoms with Crippen molar-refractivity contribution < 1.29 is 14.4 Å². The van der Waals surface area contributed by atoms with Crippen LogP contribution >= 0.6 is 11.3 Å². The van der Waals surface area contributed by atoms with Crippen LogP contribution in [0, 0.1) is 0 Å². The van der Waals surface area contributed by atoms with Crippen LogP contribution in [0.15, 0.2) is 70.3 Å². The fraction of sp³-hybridized carbons (Fsp3) is 0. The average Bonchev–Trinajstić information content (AvgIpc) is 3.23. The molecule has 0 atom stereocenters. The lowest BCUT2D eigenvalue weighted by Crippen LogP contribution is -2.32. The Morgan fingerprint density at radius 2 is 1.73 bits per heavy atom. The van der Waals surface area contributed by atoms with Crippen molar-refractivity contribution in [1.82, 2.24) is 15.6 Å². The number of carbonyl (C=O) groups is 3. The molecule has 0 bridgehead atoms. The minimum atomic E-state index is -1.04. The van der Waals surface area contributed by atoms with E-state index in [1.165, 1.54) is 0 Å². The molecule has 2 heterocycles. The Kier molecular flexibility index (Phi) is 5.33. The predicted molar refractivity (Wildman–Crippen MR) is 110 cm³/mol. The third-order valence-corrected chi connectivity index (χ3v) is 4.78. The normalized spacial score (nSPS) is 12.0. The van der Waals surface area contributed by atoms with Crippen LogP contribution in [0.1, 0.15) is 0 Å². The summed E-state index contributed by atoms with van der Waals surface area (Å²) in [5.74, 6) is -0.168. The van der Waals surface area contributed by atoms with E-state index in [1.54, 1.807) is 30.3 Å². The SMILES string of the molecule is O=C1N=c2ccccc2=CC1=C=NNC(=O)C(=O)Nc1nnc(-c2ccccc2)s1. The highest BCUT2D eigenvalue weighted by atomic mass is 32.1. The number of fused-ring (bicyclic) bond motifs is 1. The molecule has 4 rings (SSSR count). The van der Waals surface area contributed by atoms with Crippen LogP contribution in [-0.4, -0.2) is 33.8 Å². The summed E-state index contributed by atoms with van der Waals surface area (Å²) in [6.45, 7) is 0. The van der Waals surface area contributed by atoms with Gasteiger partial charge in [0.05, 0.1) is 5.36 Å². The van der Waals surface area contributed by atoms with Gasteiger partial charge in [-0.3, -0.25) is 19.7 Å². The van der Waals surface area contributed by atoms with E-state index in [4.69, 9.17) is 0 Å². The van der Waals surface area contributed by atoms with Gasteiger partial charge in [0.2, 0.25) is 5.13 Å². The van der Waals surface area contributed by atoms with E-state index in [0.717, 1.165) is 22.1 Å². The Morgan fingerprint density at radius 3 is 2.57 bits per heavy atom. The fourth-order valence-electron chi connectivity index (χ4n) is 2.49. The fourth-order valence-corrected chi connectivity index (χ4v) is 3.24. The molecule has 30 heavy (non-hydrogen) atoms. The molecule has 0 saturated heterocycles. The molecule has 2 N–H and O–H groups in total. The number of hydrogen-bond acceptors (Lipinski definition) is 7. The van der Waals surface area contributed by atoms with Crippen LogP contribution in [0.4, 0.5) is 5.13 Å². The lowest BCUT2D eigenvalue weighted by Gasteiger charge is -2.00. The molecule has 0 spiro atoms. The summed E-state index contributed by atoms with van der Waals surface area (Å²) in [5.41, 5.74) is 2.92. The number of hydrazone groups is 1. The first-order valence-corrected chi connectivity index (χ1v) is 9.44. The summed E-state index contributed by atoms with van der Waals surface area (Å²) in [4.78, 5) is 39.8. The molecule has 0 aliphatic carbocycles. The van der Waals surface area contributed by atoms with E-state index < -0.39 is 17.7 Å². The first kappa shape index (κ1) is 19.1. The highest BCUT2D eigenvalue weighted by molar-refractivity contribution is 7.18. The summed E-state index contributed by atoms with van der Waals surface area (Å²) in [6.07, 6.45) is 1.55. The van der Waals surface area contributed by atoms with Crippen LogP contribution in [0.25, 0.3) is 16.6 Å². The molecule has 0 unspecified atom stereocenters. The summed E-state index contributed by atoms with van der Waals surface area (Å²) in [7, 11) is 0. The minimum Gasteiger partial charge on any atom is -0.292 e. The molecule has 10 heteroatoms. The van der Waals surface area contributed by atoms with Gasteiger partial charge in [0, 0.05) is 16.7 Å². The van der Waals surface area contributed by atoms with Gasteiger partial charge in [-0.05, 0) is 12.1 Å². The first-order chi connectivity index (χ1) is 14.6. The molecule has 1 aliphatic heterocycles. The Morgan fingerprint density at radius 1 is 0.967 bits per heavy atom. The zero-order chi connectivity index (χ0) is 20.9. The molecular weight excluding hydrogens is 404 g/mol. The monoisotopic (exact) mass is 416 g/mol. The standard InChI is InChI=1S/C20H12N6O3S/c27-16-14(10-13-8-4-5-9-15(13)22-16)11-21-24-18(29)17(28)23-20-26-25-19(30-20)12-6-2-1-3-7-12/h1-10H,(H,24,29)(H,23,26,28). The van der Waals surface area contributed by atoms with Crippen molar-refractivity contribution in [2.45, 2.75) is 0 Å². The quantitative estimate of drug-likeness (QED) is 0.277. The molecule has 0 radical (unpaired) electrons. The van der Waals surface area contributed by atoms with Crippen molar-refractivity contribution in [2.24, 2.45) is 10.1 Å². The van der Waals surface area contributed by atoms with Gasteiger partial charge in [-0.25, -0.2) is 10.4 Å². The maximum absolute atomic E-state index is 12.0. The van der Waals surface area contributed by atoms with Gasteiger partial charge >= 0.3 is 11.8 Å². The number of anilines is 1. The molecular formula is C20H12N6O3S. The van der Waals surface area contributed by atoms with Gasteiger partial charge in [0.25, 0.3) is 5.91 Å². The first-order valence-electron chi connectivity index (χ1n) is 8.63. The van der Waals surface area contributed by atoms with Gasteiger partial charge in [-0.1, -0.05) is 59.9 Å². The smallest absolute Gasteiger partial charge is 0.292 e. The maximum Gasteiger partial charge on any atom is 0.330 e. The summed E-state index contributed by atoms with van der Waals surface area (Å²) < 4.78 is 0. The van der Waals surface area contributed by atoms with Crippen LogP contribution in [0.3, 0.4) is 0 Å². The second kappa shape index (κ2) is 8.39. The third-order valence-electron chi connectivity index (χ3n) is 3.90. The minimum absolute atomic E-state index is 0.0611. The van der Waals surface area contributed by atoms with E-state index in [-0.39, 0.29) is 10.7 Å². The van der Waals surface area contributed by atoms with E-state index in [0.29, 0.717) is 10.4 Å². The second-order valence-electron chi connectivity index (χ2n) is 5.93. The number of nitrogens with zero attached hydrogens (tertiary/aromatic N) is 4. The second-order valence-corrected chi connectivity index (χ2v) is 6.91. The Hall–Kier alpha value is -4.27. The predicted octanol–water partition coefficient (Wildman–Crippen LogP) is 0.411. The Balaban J connectivity index is 1.41. The third kappa shape index (κ3) is 4.25. The van der Waals surface area contributed by atoms with Gasteiger partial charge < -0.3 is 0 Å². The molecule has 0 fully saturated rings. The average molecular weight is 416 g/mol. The van der Waals surface area contributed by atoms with Crippen molar-refractivity contribution in [3.8, 4) is 10.6 Å². The van der Waals surface area contributed by atoms with E-state index in [2.05, 4.69) is 31.5 Å². The number of amides is 3. The van der Waals surface area contributed by atoms with E-state index in [1.807, 2.05) is 35.8 Å². The van der Waals surface area contributed by atoms with Crippen LogP contribution in [0.2, 0.25) is 0 Å². The lowest BCUT2D eigenvalue weighted by atomic mass is 10.1. The van der Waals surface area contributed by atoms with Gasteiger partial charge in [0.1, 0.15) is 10.6 Å². The maximum atomic E-state index is 12.0. The molecule has 0 saturated carbocycles. The summed E-state index contributed by atoms with van der Waals surface area (Å²) in [6, 6.07) is 16.4. The van der Waals surface area contributed by atoms with Crippen molar-refractivity contribution >= 4 is 46.1 Å². The van der Waals surface area contributed by atoms with Crippen molar-refractivity contribution in [3.63, 3.8) is 0 Å². The molecule has 146 valence electrons. The van der Waals surface area contributed by atoms with Gasteiger partial charge in [-0.15, -0.1) is 15.3 Å². The largest absolute Gasteiger partial charge is 0.330 e.